The van der Waals surface area contributed by atoms with Gasteiger partial charge in [0.25, 0.3) is 0 Å². The van der Waals surface area contributed by atoms with Crippen molar-refractivity contribution in [2.75, 3.05) is 20.1 Å². The Morgan fingerprint density at radius 1 is 1.28 bits per heavy atom. The summed E-state index contributed by atoms with van der Waals surface area (Å²) in [6.45, 7) is 3.08. The second-order valence-electron chi connectivity index (χ2n) is 6.61. The van der Waals surface area contributed by atoms with Crippen LogP contribution in [0.5, 0.6) is 0 Å². The van der Waals surface area contributed by atoms with Crippen LogP contribution in [0.4, 0.5) is 13.2 Å². The predicted octanol–water partition coefficient (Wildman–Crippen LogP) is 2.04. The number of rotatable bonds is 3. The monoisotopic (exact) mass is 525 g/mol. The van der Waals surface area contributed by atoms with Crippen molar-refractivity contribution in [3.05, 3.63) is 29.7 Å². The fraction of sp³-hybridized carbons (Fsp3) is 0.529. The Bertz CT molecular complexity index is 876. The Labute approximate surface area is 183 Å². The number of likely N-dealkylation sites (tertiary alicyclic amines) is 1. The summed E-state index contributed by atoms with van der Waals surface area (Å²) >= 11 is 0. The molecule has 0 aromatic carbocycles. The molecule has 1 saturated heterocycles. The molecule has 12 heteroatoms. The number of carbonyl (C=O) groups excluding carboxylic acids is 1. The van der Waals surface area contributed by atoms with Gasteiger partial charge in [-0.15, -0.1) is 34.2 Å². The number of nitrogens with one attached hydrogen (secondary N) is 2. The summed E-state index contributed by atoms with van der Waals surface area (Å²) in [5.74, 6) is 0.929. The molecule has 160 valence electrons. The Balaban J connectivity index is 0.00000300. The fourth-order valence-corrected chi connectivity index (χ4v) is 3.12. The van der Waals surface area contributed by atoms with Crippen LogP contribution < -0.4 is 10.6 Å². The summed E-state index contributed by atoms with van der Waals surface area (Å²) in [4.78, 5) is 17.3. The average molecular weight is 525 g/mol. The number of nitrogens with zero attached hydrogens (tertiary/aromatic N) is 5. The first-order valence-electron chi connectivity index (χ1n) is 8.91. The molecule has 29 heavy (non-hydrogen) atoms. The number of halogens is 4. The highest BCUT2D eigenvalue weighted by atomic mass is 127. The van der Waals surface area contributed by atoms with Crippen molar-refractivity contribution in [3.63, 3.8) is 0 Å². The number of fused-ring (bicyclic) bond motifs is 1. The van der Waals surface area contributed by atoms with Crippen molar-refractivity contribution < 1.29 is 18.0 Å². The van der Waals surface area contributed by atoms with Gasteiger partial charge in [0.15, 0.2) is 17.4 Å². The zero-order valence-corrected chi connectivity index (χ0v) is 18.4. The average Bonchev–Trinajstić information content (AvgIpc) is 3.07. The Kier molecular flexibility index (Phi) is 7.66. The van der Waals surface area contributed by atoms with Gasteiger partial charge in [-0.25, -0.2) is 0 Å². The fourth-order valence-electron chi connectivity index (χ4n) is 3.12. The molecular weight excluding hydrogens is 502 g/mol. The van der Waals surface area contributed by atoms with E-state index in [0.29, 0.717) is 30.5 Å². The van der Waals surface area contributed by atoms with Crippen LogP contribution >= 0.6 is 24.0 Å². The summed E-state index contributed by atoms with van der Waals surface area (Å²) in [5.41, 5.74) is -0.426. The zero-order valence-electron chi connectivity index (χ0n) is 16.0. The van der Waals surface area contributed by atoms with Gasteiger partial charge in [0, 0.05) is 39.3 Å². The Hall–Kier alpha value is -2.12. The van der Waals surface area contributed by atoms with Crippen molar-refractivity contribution in [3.8, 4) is 0 Å². The summed E-state index contributed by atoms with van der Waals surface area (Å²) < 4.78 is 40.1. The maximum absolute atomic E-state index is 12.9. The normalized spacial score (nSPS) is 15.9. The third-order valence-electron chi connectivity index (χ3n) is 4.72. The Morgan fingerprint density at radius 2 is 1.97 bits per heavy atom. The third-order valence-corrected chi connectivity index (χ3v) is 4.72. The number of aliphatic imine (C=N–C) groups is 1. The molecular formula is C17H23F3IN7O. The molecule has 0 bridgehead atoms. The molecule has 1 aliphatic heterocycles. The number of amides is 1. The zero-order chi connectivity index (χ0) is 20.3. The highest BCUT2D eigenvalue weighted by Crippen LogP contribution is 2.29. The first kappa shape index (κ1) is 23.2. The lowest BCUT2D eigenvalue weighted by Crippen LogP contribution is -2.49. The predicted molar refractivity (Wildman–Crippen MR) is 112 cm³/mol. The molecule has 1 aliphatic rings. The van der Waals surface area contributed by atoms with E-state index < -0.39 is 11.7 Å². The number of hydrogen-bond donors (Lipinski definition) is 2. The van der Waals surface area contributed by atoms with E-state index in [1.54, 1.807) is 18.9 Å². The molecule has 8 nitrogen and oxygen atoms in total. The number of carbonyl (C=O) groups is 1. The van der Waals surface area contributed by atoms with Crippen molar-refractivity contribution in [2.24, 2.45) is 4.99 Å². The number of alkyl halides is 3. The van der Waals surface area contributed by atoms with E-state index in [9.17, 15) is 18.0 Å². The van der Waals surface area contributed by atoms with Gasteiger partial charge >= 0.3 is 6.18 Å². The van der Waals surface area contributed by atoms with Gasteiger partial charge < -0.3 is 15.5 Å². The van der Waals surface area contributed by atoms with Crippen LogP contribution in [0.2, 0.25) is 0 Å². The molecule has 0 aliphatic carbocycles. The second-order valence-corrected chi connectivity index (χ2v) is 6.61. The summed E-state index contributed by atoms with van der Waals surface area (Å²) in [6.07, 6.45) is -1.86. The Morgan fingerprint density at radius 3 is 2.55 bits per heavy atom. The van der Waals surface area contributed by atoms with E-state index in [2.05, 4.69) is 25.8 Å². The number of pyridine rings is 1. The van der Waals surface area contributed by atoms with Crippen LogP contribution in [0.15, 0.2) is 23.3 Å². The molecule has 0 unspecified atom stereocenters. The molecule has 2 aromatic rings. The molecule has 1 fully saturated rings. The van der Waals surface area contributed by atoms with Crippen molar-refractivity contribution in [2.45, 2.75) is 38.5 Å². The first-order chi connectivity index (χ1) is 13.3. The van der Waals surface area contributed by atoms with Crippen LogP contribution in [0.25, 0.3) is 5.65 Å². The highest BCUT2D eigenvalue weighted by Gasteiger charge is 2.31. The maximum atomic E-state index is 12.9. The van der Waals surface area contributed by atoms with Gasteiger partial charge in [0.1, 0.15) is 0 Å². The van der Waals surface area contributed by atoms with Gasteiger partial charge in [-0.1, -0.05) is 0 Å². The molecule has 1 amide bonds. The van der Waals surface area contributed by atoms with Crippen LogP contribution in [0.1, 0.15) is 31.2 Å². The molecule has 0 spiro atoms. The quantitative estimate of drug-likeness (QED) is 0.364. The van der Waals surface area contributed by atoms with Gasteiger partial charge in [-0.3, -0.25) is 14.2 Å². The molecule has 0 radical (unpaired) electrons. The smallest absolute Gasteiger partial charge is 0.354 e. The minimum atomic E-state index is -4.44. The molecule has 2 aromatic heterocycles. The summed E-state index contributed by atoms with van der Waals surface area (Å²) in [6, 6.07) is 2.43. The van der Waals surface area contributed by atoms with Crippen LogP contribution in [0, 0.1) is 0 Å². The third kappa shape index (κ3) is 5.70. The van der Waals surface area contributed by atoms with Crippen LogP contribution in [-0.2, 0) is 17.5 Å². The van der Waals surface area contributed by atoms with E-state index in [1.807, 2.05) is 0 Å². The van der Waals surface area contributed by atoms with Crippen LogP contribution in [0.3, 0.4) is 0 Å². The van der Waals surface area contributed by atoms with Crippen molar-refractivity contribution in [1.29, 1.82) is 0 Å². The molecule has 0 saturated carbocycles. The number of piperidine rings is 1. The van der Waals surface area contributed by atoms with Crippen LogP contribution in [-0.4, -0.2) is 57.5 Å². The SMILES string of the molecule is CN=C(NCc1nnc2ccc(C(F)(F)F)cn12)NC1CCN(C(C)=O)CC1.I. The van der Waals surface area contributed by atoms with Gasteiger partial charge in [0.05, 0.1) is 12.1 Å². The standard InChI is InChI=1S/C17H22F3N7O.HI/c1-11(28)26-7-5-13(6-8-26)23-16(21-2)22-9-15-25-24-14-4-3-12(10-27(14)15)17(18,19)20;/h3-4,10,13H,5-9H2,1-2H3,(H2,21,22,23);1H. The second kappa shape index (κ2) is 9.59. The molecule has 3 rings (SSSR count). The summed E-state index contributed by atoms with van der Waals surface area (Å²) in [7, 11) is 1.61. The maximum Gasteiger partial charge on any atom is 0.417 e. The van der Waals surface area contributed by atoms with E-state index in [0.717, 1.165) is 25.1 Å². The summed E-state index contributed by atoms with van der Waals surface area (Å²) in [5, 5.41) is 14.2. The minimum absolute atomic E-state index is 0. The molecule has 2 N–H and O–H groups in total. The van der Waals surface area contributed by atoms with E-state index in [4.69, 9.17) is 0 Å². The lowest BCUT2D eigenvalue weighted by atomic mass is 10.1. The largest absolute Gasteiger partial charge is 0.417 e. The van der Waals surface area contributed by atoms with E-state index in [1.165, 1.54) is 10.5 Å². The van der Waals surface area contributed by atoms with E-state index in [-0.39, 0.29) is 42.5 Å². The highest BCUT2D eigenvalue weighted by molar-refractivity contribution is 14.0. The molecule has 0 atom stereocenters. The number of guanidine groups is 1. The number of hydrogen-bond acceptors (Lipinski definition) is 4. The minimum Gasteiger partial charge on any atom is -0.354 e. The van der Waals surface area contributed by atoms with Gasteiger partial charge in [-0.05, 0) is 25.0 Å². The number of aromatic nitrogens is 3. The lowest BCUT2D eigenvalue weighted by molar-refractivity contribution is -0.138. The van der Waals surface area contributed by atoms with Gasteiger partial charge in [0.2, 0.25) is 5.91 Å². The first-order valence-corrected chi connectivity index (χ1v) is 8.91. The lowest BCUT2D eigenvalue weighted by Gasteiger charge is -2.32. The van der Waals surface area contributed by atoms with E-state index >= 15 is 0 Å². The van der Waals surface area contributed by atoms with Crippen molar-refractivity contribution in [1.82, 2.24) is 30.1 Å². The van der Waals surface area contributed by atoms with Crippen molar-refractivity contribution >= 4 is 41.5 Å². The molecule has 3 heterocycles. The topological polar surface area (TPSA) is 86.9 Å². The van der Waals surface area contributed by atoms with Gasteiger partial charge in [-0.2, -0.15) is 13.2 Å².